The van der Waals surface area contributed by atoms with Gasteiger partial charge in [-0.3, -0.25) is 4.79 Å². The molecule has 1 N–H and O–H groups in total. The lowest BCUT2D eigenvalue weighted by Gasteiger charge is -2.04. The van der Waals surface area contributed by atoms with Gasteiger partial charge in [0.15, 0.2) is 0 Å². The monoisotopic (exact) mass is 202 g/mol. The predicted octanol–water partition coefficient (Wildman–Crippen LogP) is 2.70. The van der Waals surface area contributed by atoms with Gasteiger partial charge in [0.25, 0.3) is 0 Å². The van der Waals surface area contributed by atoms with Crippen LogP contribution in [-0.2, 0) is 4.79 Å². The average molecular weight is 202 g/mol. The van der Waals surface area contributed by atoms with Crippen molar-refractivity contribution in [1.29, 1.82) is 0 Å². The lowest BCUT2D eigenvalue weighted by atomic mass is 10.3. The molecule has 0 saturated heterocycles. The minimum Gasteiger partial charge on any atom is -0.481 e. The van der Waals surface area contributed by atoms with E-state index in [0.717, 1.165) is 0 Å². The van der Waals surface area contributed by atoms with E-state index in [1.165, 1.54) is 4.21 Å². The Balaban J connectivity index is 2.36. The molecule has 1 atom stereocenters. The van der Waals surface area contributed by atoms with E-state index in [-0.39, 0.29) is 11.7 Å². The van der Waals surface area contributed by atoms with E-state index in [2.05, 4.69) is 0 Å². The first-order valence-corrected chi connectivity index (χ1v) is 5.36. The molecule has 0 bridgehead atoms. The van der Waals surface area contributed by atoms with Crippen LogP contribution < -0.4 is 0 Å². The summed E-state index contributed by atoms with van der Waals surface area (Å²) in [6, 6.07) is 3.98. The van der Waals surface area contributed by atoms with E-state index < -0.39 is 5.97 Å². The zero-order chi connectivity index (χ0) is 8.97. The maximum atomic E-state index is 10.3. The van der Waals surface area contributed by atoms with Gasteiger partial charge >= 0.3 is 5.97 Å². The Bertz CT molecular complexity index is 244. The lowest BCUT2D eigenvalue weighted by molar-refractivity contribution is -0.136. The van der Waals surface area contributed by atoms with Crippen LogP contribution in [0.25, 0.3) is 0 Å². The summed E-state index contributed by atoms with van der Waals surface area (Å²) in [5, 5.41) is 10.7. The standard InChI is InChI=1S/C8H10O2S2/c1-6(5-7(9)10)12-8-3-2-4-11-8/h2-4,6H,5H2,1H3,(H,9,10). The zero-order valence-electron chi connectivity index (χ0n) is 6.69. The van der Waals surface area contributed by atoms with Crippen LogP contribution in [0.1, 0.15) is 13.3 Å². The third-order valence-corrected chi connectivity index (χ3v) is 3.45. The summed E-state index contributed by atoms with van der Waals surface area (Å²) in [5.74, 6) is -0.730. The Morgan fingerprint density at radius 1 is 1.83 bits per heavy atom. The smallest absolute Gasteiger partial charge is 0.304 e. The van der Waals surface area contributed by atoms with Gasteiger partial charge in [-0.25, -0.2) is 0 Å². The highest BCUT2D eigenvalue weighted by atomic mass is 32.2. The minimum atomic E-state index is -0.730. The second-order valence-corrected chi connectivity index (χ2v) is 5.14. The summed E-state index contributed by atoms with van der Waals surface area (Å²) in [4.78, 5) is 10.3. The Labute approximate surface area is 79.6 Å². The largest absolute Gasteiger partial charge is 0.481 e. The number of thiophene rings is 1. The first-order chi connectivity index (χ1) is 5.68. The highest BCUT2D eigenvalue weighted by molar-refractivity contribution is 8.01. The van der Waals surface area contributed by atoms with E-state index in [1.54, 1.807) is 23.1 Å². The maximum Gasteiger partial charge on any atom is 0.304 e. The SMILES string of the molecule is CC(CC(=O)O)Sc1cccs1. The van der Waals surface area contributed by atoms with Crippen LogP contribution in [-0.4, -0.2) is 16.3 Å². The predicted molar refractivity (Wildman–Crippen MR) is 51.9 cm³/mol. The van der Waals surface area contributed by atoms with E-state index in [4.69, 9.17) is 5.11 Å². The molecular weight excluding hydrogens is 192 g/mol. The summed E-state index contributed by atoms with van der Waals surface area (Å²) in [5.41, 5.74) is 0. The van der Waals surface area contributed by atoms with Crippen molar-refractivity contribution in [2.24, 2.45) is 0 Å². The number of carboxylic acid groups (broad SMARTS) is 1. The first kappa shape index (κ1) is 9.61. The van der Waals surface area contributed by atoms with Crippen LogP contribution >= 0.6 is 23.1 Å². The van der Waals surface area contributed by atoms with Crippen LogP contribution in [0.5, 0.6) is 0 Å². The summed E-state index contributed by atoms with van der Waals surface area (Å²) in [7, 11) is 0. The molecule has 66 valence electrons. The fourth-order valence-electron chi connectivity index (χ4n) is 0.816. The number of rotatable bonds is 4. The number of hydrogen-bond donors (Lipinski definition) is 1. The van der Waals surface area contributed by atoms with Gasteiger partial charge in [-0.2, -0.15) is 0 Å². The third kappa shape index (κ3) is 3.28. The van der Waals surface area contributed by atoms with Crippen LogP contribution in [0, 0.1) is 0 Å². The summed E-state index contributed by atoms with van der Waals surface area (Å²) >= 11 is 3.26. The Morgan fingerprint density at radius 2 is 2.58 bits per heavy atom. The molecule has 0 saturated carbocycles. The molecule has 0 aliphatic heterocycles. The molecule has 2 nitrogen and oxygen atoms in total. The van der Waals surface area contributed by atoms with Crippen molar-refractivity contribution >= 4 is 29.1 Å². The molecular formula is C8H10O2S2. The number of aliphatic carboxylic acids is 1. The highest BCUT2D eigenvalue weighted by Crippen LogP contribution is 2.28. The molecule has 0 radical (unpaired) electrons. The molecule has 0 aliphatic carbocycles. The maximum absolute atomic E-state index is 10.3. The van der Waals surface area contributed by atoms with E-state index in [9.17, 15) is 4.79 Å². The lowest BCUT2D eigenvalue weighted by Crippen LogP contribution is -2.04. The van der Waals surface area contributed by atoms with Crippen molar-refractivity contribution in [1.82, 2.24) is 0 Å². The zero-order valence-corrected chi connectivity index (χ0v) is 8.32. The molecule has 1 heterocycles. The summed E-state index contributed by atoms with van der Waals surface area (Å²) in [6.07, 6.45) is 0.225. The van der Waals surface area contributed by atoms with E-state index in [0.29, 0.717) is 0 Å². The topological polar surface area (TPSA) is 37.3 Å². The second kappa shape index (κ2) is 4.52. The fourth-order valence-corrected chi connectivity index (χ4v) is 2.93. The van der Waals surface area contributed by atoms with Gasteiger partial charge in [-0.15, -0.1) is 23.1 Å². The van der Waals surface area contributed by atoms with Crippen LogP contribution in [0.4, 0.5) is 0 Å². The molecule has 1 aromatic heterocycles. The Hall–Kier alpha value is -0.480. The fraction of sp³-hybridized carbons (Fsp3) is 0.375. The first-order valence-electron chi connectivity index (χ1n) is 3.60. The van der Waals surface area contributed by atoms with Crippen molar-refractivity contribution in [3.8, 4) is 0 Å². The quantitative estimate of drug-likeness (QED) is 0.763. The van der Waals surface area contributed by atoms with Crippen molar-refractivity contribution in [3.63, 3.8) is 0 Å². The van der Waals surface area contributed by atoms with Crippen molar-refractivity contribution in [2.75, 3.05) is 0 Å². The Kier molecular flexibility index (Phi) is 3.62. The number of carbonyl (C=O) groups is 1. The van der Waals surface area contributed by atoms with Gasteiger partial charge in [-0.05, 0) is 11.4 Å². The van der Waals surface area contributed by atoms with Crippen LogP contribution in [0.15, 0.2) is 21.7 Å². The van der Waals surface area contributed by atoms with Gasteiger partial charge in [0.1, 0.15) is 0 Å². The molecule has 4 heteroatoms. The molecule has 0 aliphatic rings. The highest BCUT2D eigenvalue weighted by Gasteiger charge is 2.08. The molecule has 1 rings (SSSR count). The summed E-state index contributed by atoms with van der Waals surface area (Å²) in [6.45, 7) is 1.93. The van der Waals surface area contributed by atoms with Crippen molar-refractivity contribution in [2.45, 2.75) is 22.8 Å². The van der Waals surface area contributed by atoms with Crippen molar-refractivity contribution < 1.29 is 9.90 Å². The van der Waals surface area contributed by atoms with Crippen molar-refractivity contribution in [3.05, 3.63) is 17.5 Å². The number of carboxylic acids is 1. The van der Waals surface area contributed by atoms with E-state index in [1.807, 2.05) is 24.4 Å². The Morgan fingerprint density at radius 3 is 3.08 bits per heavy atom. The molecule has 0 spiro atoms. The summed E-state index contributed by atoms with van der Waals surface area (Å²) < 4.78 is 1.18. The molecule has 0 fully saturated rings. The molecule has 0 amide bonds. The normalized spacial score (nSPS) is 12.8. The van der Waals surface area contributed by atoms with Gasteiger partial charge in [-0.1, -0.05) is 13.0 Å². The van der Waals surface area contributed by atoms with E-state index >= 15 is 0 Å². The third-order valence-electron chi connectivity index (χ3n) is 1.27. The van der Waals surface area contributed by atoms with Gasteiger partial charge in [0.05, 0.1) is 10.6 Å². The number of thioether (sulfide) groups is 1. The van der Waals surface area contributed by atoms with Gasteiger partial charge in [0.2, 0.25) is 0 Å². The van der Waals surface area contributed by atoms with Gasteiger partial charge < -0.3 is 5.11 Å². The number of hydrogen-bond acceptors (Lipinski definition) is 3. The van der Waals surface area contributed by atoms with Crippen LogP contribution in [0.3, 0.4) is 0 Å². The van der Waals surface area contributed by atoms with Gasteiger partial charge in [0, 0.05) is 5.25 Å². The average Bonchev–Trinajstić information content (AvgIpc) is 2.37. The van der Waals surface area contributed by atoms with Crippen LogP contribution in [0.2, 0.25) is 0 Å². The second-order valence-electron chi connectivity index (χ2n) is 2.46. The minimum absolute atomic E-state index is 0.154. The molecule has 12 heavy (non-hydrogen) atoms. The molecule has 1 unspecified atom stereocenters. The molecule has 1 aromatic rings. The molecule has 0 aromatic carbocycles.